The number of aromatic nitrogens is 1. The Bertz CT molecular complexity index is 938. The Balaban J connectivity index is 1.49. The van der Waals surface area contributed by atoms with E-state index in [4.69, 9.17) is 4.52 Å². The molecule has 2 aromatic heterocycles. The molecule has 2 aromatic carbocycles. The zero-order valence-corrected chi connectivity index (χ0v) is 14.3. The fourth-order valence-corrected chi connectivity index (χ4v) is 3.65. The molecule has 0 bridgehead atoms. The van der Waals surface area contributed by atoms with Crippen LogP contribution in [0.2, 0.25) is 0 Å². The van der Waals surface area contributed by atoms with Gasteiger partial charge in [0.15, 0.2) is 5.76 Å². The van der Waals surface area contributed by atoms with E-state index in [1.54, 1.807) is 11.3 Å². The number of hydrogen-bond donors (Lipinski definition) is 0. The maximum Gasteiger partial charge on any atom is 0.177 e. The molecule has 0 spiro atoms. The van der Waals surface area contributed by atoms with Gasteiger partial charge in [0, 0.05) is 19.2 Å². The van der Waals surface area contributed by atoms with E-state index in [-0.39, 0.29) is 0 Å². The Kier molecular flexibility index (Phi) is 4.15. The molecule has 0 aliphatic carbocycles. The van der Waals surface area contributed by atoms with E-state index in [1.165, 1.54) is 16.3 Å². The van der Waals surface area contributed by atoms with Crippen LogP contribution in [-0.4, -0.2) is 17.1 Å². The van der Waals surface area contributed by atoms with E-state index in [1.807, 2.05) is 17.5 Å². The highest BCUT2D eigenvalue weighted by atomic mass is 32.1. The molecule has 0 aliphatic rings. The molecule has 3 nitrogen and oxygen atoms in total. The zero-order chi connectivity index (χ0) is 16.4. The lowest BCUT2D eigenvalue weighted by Gasteiger charge is -2.16. The molecule has 0 fully saturated rings. The van der Waals surface area contributed by atoms with Crippen LogP contribution in [0.5, 0.6) is 0 Å². The smallest absolute Gasteiger partial charge is 0.177 e. The Morgan fingerprint density at radius 2 is 1.88 bits per heavy atom. The number of fused-ring (bicyclic) bond motifs is 1. The van der Waals surface area contributed by atoms with Gasteiger partial charge in [-0.3, -0.25) is 4.90 Å². The molecule has 0 saturated carbocycles. The number of nitrogens with zero attached hydrogens (tertiary/aromatic N) is 2. The van der Waals surface area contributed by atoms with Crippen LogP contribution in [-0.2, 0) is 13.1 Å². The molecule has 0 saturated heterocycles. The van der Waals surface area contributed by atoms with E-state index in [9.17, 15) is 0 Å². The second-order valence-electron chi connectivity index (χ2n) is 5.97. The minimum atomic E-state index is 0.762. The summed E-state index contributed by atoms with van der Waals surface area (Å²) in [7, 11) is 2.11. The Morgan fingerprint density at radius 3 is 2.75 bits per heavy atom. The van der Waals surface area contributed by atoms with Crippen molar-refractivity contribution >= 4 is 22.1 Å². The van der Waals surface area contributed by atoms with Gasteiger partial charge in [0.05, 0.1) is 10.6 Å². The van der Waals surface area contributed by atoms with Gasteiger partial charge in [-0.1, -0.05) is 53.7 Å². The third-order valence-corrected chi connectivity index (χ3v) is 4.96. The Hall–Kier alpha value is -2.43. The van der Waals surface area contributed by atoms with Crippen LogP contribution in [0.25, 0.3) is 21.4 Å². The van der Waals surface area contributed by atoms with Gasteiger partial charge in [-0.05, 0) is 34.8 Å². The quantitative estimate of drug-likeness (QED) is 0.503. The van der Waals surface area contributed by atoms with Crippen molar-refractivity contribution in [1.29, 1.82) is 0 Å². The first-order valence-corrected chi connectivity index (χ1v) is 8.82. The molecule has 4 rings (SSSR count). The van der Waals surface area contributed by atoms with Gasteiger partial charge in [-0.15, -0.1) is 11.3 Å². The predicted molar refractivity (Wildman–Crippen MR) is 98.9 cm³/mol. The Labute approximate surface area is 145 Å². The first kappa shape index (κ1) is 15.1. The molecule has 0 radical (unpaired) electrons. The average molecular weight is 334 g/mol. The van der Waals surface area contributed by atoms with Gasteiger partial charge in [-0.2, -0.15) is 0 Å². The highest BCUT2D eigenvalue weighted by Crippen LogP contribution is 2.26. The van der Waals surface area contributed by atoms with Gasteiger partial charge >= 0.3 is 0 Å². The monoisotopic (exact) mass is 334 g/mol. The van der Waals surface area contributed by atoms with Crippen LogP contribution in [0, 0.1) is 0 Å². The SMILES string of the molecule is CN(Cc1cc(-c2cccs2)on1)Cc1cccc2ccccc12. The minimum absolute atomic E-state index is 0.762. The van der Waals surface area contributed by atoms with Crippen molar-refractivity contribution in [3.05, 3.63) is 77.3 Å². The summed E-state index contributed by atoms with van der Waals surface area (Å²) in [6.45, 7) is 1.64. The lowest BCUT2D eigenvalue weighted by Crippen LogP contribution is -2.17. The van der Waals surface area contributed by atoms with Crippen molar-refractivity contribution in [2.45, 2.75) is 13.1 Å². The van der Waals surface area contributed by atoms with Crippen LogP contribution in [0.15, 0.2) is 70.6 Å². The van der Waals surface area contributed by atoms with Gasteiger partial charge in [0.1, 0.15) is 0 Å². The zero-order valence-electron chi connectivity index (χ0n) is 13.5. The topological polar surface area (TPSA) is 29.3 Å². The van der Waals surface area contributed by atoms with E-state index in [0.29, 0.717) is 0 Å². The number of benzene rings is 2. The maximum atomic E-state index is 5.46. The molecule has 0 N–H and O–H groups in total. The van der Waals surface area contributed by atoms with Crippen molar-refractivity contribution in [3.8, 4) is 10.6 Å². The maximum absolute atomic E-state index is 5.46. The third-order valence-electron chi connectivity index (χ3n) is 4.08. The van der Waals surface area contributed by atoms with Crippen LogP contribution in [0.3, 0.4) is 0 Å². The standard InChI is InChI=1S/C20H18N2OS/c1-22(13-16-8-4-7-15-6-2-3-9-18(15)16)14-17-12-19(23-21-17)20-10-5-11-24-20/h2-12H,13-14H2,1H3. The van der Waals surface area contributed by atoms with Crippen molar-refractivity contribution in [2.24, 2.45) is 0 Å². The van der Waals surface area contributed by atoms with Crippen molar-refractivity contribution in [2.75, 3.05) is 7.05 Å². The highest BCUT2D eigenvalue weighted by molar-refractivity contribution is 7.13. The third kappa shape index (κ3) is 3.11. The largest absolute Gasteiger partial charge is 0.355 e. The van der Waals surface area contributed by atoms with Crippen molar-refractivity contribution in [3.63, 3.8) is 0 Å². The summed E-state index contributed by atoms with van der Waals surface area (Å²) in [6.07, 6.45) is 0. The molecule has 4 aromatic rings. The summed E-state index contributed by atoms with van der Waals surface area (Å²) in [5.74, 6) is 0.846. The second kappa shape index (κ2) is 6.59. The first-order chi connectivity index (χ1) is 11.8. The predicted octanol–water partition coefficient (Wildman–Crippen LogP) is 5.19. The molecule has 120 valence electrons. The first-order valence-electron chi connectivity index (χ1n) is 7.94. The van der Waals surface area contributed by atoms with Crippen LogP contribution >= 0.6 is 11.3 Å². The lowest BCUT2D eigenvalue weighted by atomic mass is 10.0. The van der Waals surface area contributed by atoms with Gasteiger partial charge in [-0.25, -0.2) is 0 Å². The summed E-state index contributed by atoms with van der Waals surface area (Å²) >= 11 is 1.66. The van der Waals surface area contributed by atoms with Gasteiger partial charge < -0.3 is 4.52 Å². The van der Waals surface area contributed by atoms with Crippen LogP contribution in [0.4, 0.5) is 0 Å². The van der Waals surface area contributed by atoms with E-state index < -0.39 is 0 Å². The fraction of sp³-hybridized carbons (Fsp3) is 0.150. The number of thiophene rings is 1. The van der Waals surface area contributed by atoms with Crippen LogP contribution in [0.1, 0.15) is 11.3 Å². The summed E-state index contributed by atoms with van der Waals surface area (Å²) in [5, 5.41) is 8.85. The summed E-state index contributed by atoms with van der Waals surface area (Å²) in [5.41, 5.74) is 2.29. The molecule has 4 heteroatoms. The molecule has 0 amide bonds. The van der Waals surface area contributed by atoms with E-state index >= 15 is 0 Å². The second-order valence-corrected chi connectivity index (χ2v) is 6.92. The normalized spacial score (nSPS) is 11.4. The molecule has 0 atom stereocenters. The van der Waals surface area contributed by atoms with Gasteiger partial charge in [0.25, 0.3) is 0 Å². The lowest BCUT2D eigenvalue weighted by molar-refractivity contribution is 0.305. The molecule has 0 unspecified atom stereocenters. The van der Waals surface area contributed by atoms with Crippen LogP contribution < -0.4 is 0 Å². The summed E-state index contributed by atoms with van der Waals surface area (Å²) < 4.78 is 5.46. The minimum Gasteiger partial charge on any atom is -0.355 e. The molecule has 0 aliphatic heterocycles. The summed E-state index contributed by atoms with van der Waals surface area (Å²) in [6, 6.07) is 21.1. The number of hydrogen-bond acceptors (Lipinski definition) is 4. The molecule has 24 heavy (non-hydrogen) atoms. The Morgan fingerprint density at radius 1 is 1.00 bits per heavy atom. The average Bonchev–Trinajstić information content (AvgIpc) is 3.26. The number of rotatable bonds is 5. The molecule has 2 heterocycles. The van der Waals surface area contributed by atoms with E-state index in [2.05, 4.69) is 65.6 Å². The molecular weight excluding hydrogens is 316 g/mol. The van der Waals surface area contributed by atoms with Gasteiger partial charge in [0.2, 0.25) is 0 Å². The van der Waals surface area contributed by atoms with Crippen molar-refractivity contribution < 1.29 is 4.52 Å². The fourth-order valence-electron chi connectivity index (χ4n) is 2.97. The molecular formula is C20H18N2OS. The highest BCUT2D eigenvalue weighted by Gasteiger charge is 2.10. The van der Waals surface area contributed by atoms with E-state index in [0.717, 1.165) is 29.4 Å². The van der Waals surface area contributed by atoms with Crippen molar-refractivity contribution in [1.82, 2.24) is 10.1 Å². The summed E-state index contributed by atoms with van der Waals surface area (Å²) in [4.78, 5) is 3.38.